The number of benzene rings is 3. The summed E-state index contributed by atoms with van der Waals surface area (Å²) in [6.45, 7) is 2.16. The summed E-state index contributed by atoms with van der Waals surface area (Å²) in [7, 11) is 1.52. The third-order valence-corrected chi connectivity index (χ3v) is 5.56. The molecule has 34 heavy (non-hydrogen) atoms. The summed E-state index contributed by atoms with van der Waals surface area (Å²) in [4.78, 5) is 24.4. The Morgan fingerprint density at radius 3 is 2.53 bits per heavy atom. The van der Waals surface area contributed by atoms with Gasteiger partial charge in [-0.1, -0.05) is 60.5 Å². The van der Waals surface area contributed by atoms with Crippen LogP contribution in [0.4, 0.5) is 5.69 Å². The fraction of sp³-hybridized carbons (Fsp3) is 0.160. The van der Waals surface area contributed by atoms with E-state index in [1.807, 2.05) is 19.1 Å². The van der Waals surface area contributed by atoms with Gasteiger partial charge in [-0.25, -0.2) is 5.43 Å². The number of aryl methyl sites for hydroxylation is 1. The van der Waals surface area contributed by atoms with E-state index in [2.05, 4.69) is 15.8 Å². The number of nitrogens with zero attached hydrogens (tertiary/aromatic N) is 1. The molecule has 3 aromatic carbocycles. The summed E-state index contributed by atoms with van der Waals surface area (Å²) in [5.74, 6) is -0.831. The molecule has 0 aliphatic carbocycles. The van der Waals surface area contributed by atoms with E-state index in [0.29, 0.717) is 32.8 Å². The van der Waals surface area contributed by atoms with Gasteiger partial charge in [-0.15, -0.1) is 0 Å². The molecule has 0 spiro atoms. The normalized spacial score (nSPS) is 10.7. The SMILES string of the molecule is CCc1ccccc1NC(=O)C(=O)N/N=C\c1cccc(OC)c1OCc1ccc(Cl)c(Cl)c1. The van der Waals surface area contributed by atoms with Crippen molar-refractivity contribution in [3.63, 3.8) is 0 Å². The topological polar surface area (TPSA) is 89.0 Å². The van der Waals surface area contributed by atoms with Gasteiger partial charge >= 0.3 is 11.8 Å². The van der Waals surface area contributed by atoms with Crippen LogP contribution in [-0.4, -0.2) is 25.1 Å². The molecule has 0 unspecified atom stereocenters. The number of amides is 2. The van der Waals surface area contributed by atoms with E-state index in [1.165, 1.54) is 13.3 Å². The molecule has 7 nitrogen and oxygen atoms in total. The number of para-hydroxylation sites is 2. The number of hydrogen-bond donors (Lipinski definition) is 2. The predicted octanol–water partition coefficient (Wildman–Crippen LogP) is 5.23. The fourth-order valence-electron chi connectivity index (χ4n) is 3.08. The first-order chi connectivity index (χ1) is 16.4. The van der Waals surface area contributed by atoms with Crippen LogP contribution in [0.15, 0.2) is 65.8 Å². The molecule has 0 heterocycles. The van der Waals surface area contributed by atoms with Crippen LogP contribution in [0.5, 0.6) is 11.5 Å². The lowest BCUT2D eigenvalue weighted by Crippen LogP contribution is -2.32. The molecule has 0 aliphatic heterocycles. The number of hydrazone groups is 1. The maximum absolute atomic E-state index is 12.2. The number of methoxy groups -OCH3 is 1. The van der Waals surface area contributed by atoms with Crippen molar-refractivity contribution < 1.29 is 19.1 Å². The van der Waals surface area contributed by atoms with Crippen molar-refractivity contribution in [1.82, 2.24) is 5.43 Å². The molecular formula is C25H23Cl2N3O4. The number of carbonyl (C=O) groups excluding carboxylic acids is 2. The van der Waals surface area contributed by atoms with Crippen LogP contribution < -0.4 is 20.2 Å². The quantitative estimate of drug-likeness (QED) is 0.252. The molecule has 0 fully saturated rings. The summed E-state index contributed by atoms with van der Waals surface area (Å²) < 4.78 is 11.3. The van der Waals surface area contributed by atoms with Gasteiger partial charge in [-0.2, -0.15) is 5.10 Å². The molecular weight excluding hydrogens is 477 g/mol. The van der Waals surface area contributed by atoms with Crippen LogP contribution in [0.25, 0.3) is 0 Å². The van der Waals surface area contributed by atoms with Gasteiger partial charge in [0.05, 0.1) is 23.4 Å². The Hall–Kier alpha value is -3.55. The highest BCUT2D eigenvalue weighted by Crippen LogP contribution is 2.31. The van der Waals surface area contributed by atoms with E-state index in [1.54, 1.807) is 48.5 Å². The van der Waals surface area contributed by atoms with Crippen LogP contribution in [-0.2, 0) is 22.6 Å². The minimum atomic E-state index is -0.900. The molecule has 0 aliphatic rings. The smallest absolute Gasteiger partial charge is 0.329 e. The Labute approximate surface area is 207 Å². The molecule has 3 aromatic rings. The minimum absolute atomic E-state index is 0.198. The molecule has 9 heteroatoms. The first-order valence-corrected chi connectivity index (χ1v) is 11.1. The van der Waals surface area contributed by atoms with E-state index >= 15 is 0 Å². The van der Waals surface area contributed by atoms with Crippen LogP contribution >= 0.6 is 23.2 Å². The summed E-state index contributed by atoms with van der Waals surface area (Å²) in [6.07, 6.45) is 2.09. The fourth-order valence-corrected chi connectivity index (χ4v) is 3.40. The maximum Gasteiger partial charge on any atom is 0.329 e. The maximum atomic E-state index is 12.2. The van der Waals surface area contributed by atoms with Crippen LogP contribution in [0.2, 0.25) is 10.0 Å². The summed E-state index contributed by atoms with van der Waals surface area (Å²) in [5.41, 5.74) is 5.08. The van der Waals surface area contributed by atoms with E-state index < -0.39 is 11.8 Å². The number of ether oxygens (including phenoxy) is 2. The van der Waals surface area contributed by atoms with Gasteiger partial charge in [0.25, 0.3) is 0 Å². The molecule has 0 atom stereocenters. The third kappa shape index (κ3) is 6.50. The van der Waals surface area contributed by atoms with Crippen molar-refractivity contribution in [3.8, 4) is 11.5 Å². The lowest BCUT2D eigenvalue weighted by Gasteiger charge is -2.13. The highest BCUT2D eigenvalue weighted by atomic mass is 35.5. The highest BCUT2D eigenvalue weighted by Gasteiger charge is 2.15. The van der Waals surface area contributed by atoms with Crippen LogP contribution in [0, 0.1) is 0 Å². The summed E-state index contributed by atoms with van der Waals surface area (Å²) >= 11 is 12.0. The van der Waals surface area contributed by atoms with Crippen molar-refractivity contribution in [2.24, 2.45) is 5.10 Å². The Morgan fingerprint density at radius 2 is 1.79 bits per heavy atom. The third-order valence-electron chi connectivity index (χ3n) is 4.82. The molecule has 0 saturated carbocycles. The monoisotopic (exact) mass is 499 g/mol. The predicted molar refractivity (Wildman–Crippen MR) is 134 cm³/mol. The van der Waals surface area contributed by atoms with E-state index in [0.717, 1.165) is 17.5 Å². The number of carbonyl (C=O) groups is 2. The molecule has 2 N–H and O–H groups in total. The minimum Gasteiger partial charge on any atom is -0.493 e. The van der Waals surface area contributed by atoms with Crippen molar-refractivity contribution >= 4 is 46.9 Å². The summed E-state index contributed by atoms with van der Waals surface area (Å²) in [5, 5.41) is 7.38. The molecule has 0 saturated heterocycles. The molecule has 0 aromatic heterocycles. The van der Waals surface area contributed by atoms with Crippen molar-refractivity contribution in [2.75, 3.05) is 12.4 Å². The lowest BCUT2D eigenvalue weighted by molar-refractivity contribution is -0.136. The summed E-state index contributed by atoms with van der Waals surface area (Å²) in [6, 6.07) is 17.7. The van der Waals surface area contributed by atoms with Gasteiger partial charge in [-0.3, -0.25) is 9.59 Å². The Bertz CT molecular complexity index is 1210. The van der Waals surface area contributed by atoms with Gasteiger partial charge in [-0.05, 0) is 47.9 Å². The zero-order chi connectivity index (χ0) is 24.5. The second-order valence-corrected chi connectivity index (χ2v) is 7.89. The van der Waals surface area contributed by atoms with E-state index in [-0.39, 0.29) is 6.61 Å². The number of rotatable bonds is 8. The number of hydrogen-bond acceptors (Lipinski definition) is 5. The number of nitrogens with one attached hydrogen (secondary N) is 2. The first-order valence-electron chi connectivity index (χ1n) is 10.4. The van der Waals surface area contributed by atoms with Crippen LogP contribution in [0.3, 0.4) is 0 Å². The Morgan fingerprint density at radius 1 is 1.00 bits per heavy atom. The van der Waals surface area contributed by atoms with E-state index in [4.69, 9.17) is 32.7 Å². The van der Waals surface area contributed by atoms with Gasteiger partial charge < -0.3 is 14.8 Å². The standard InChI is InChI=1S/C25H23Cl2N3O4/c1-3-17-7-4-5-9-21(17)29-24(31)25(32)30-28-14-18-8-6-10-22(33-2)23(18)34-15-16-11-12-19(26)20(27)13-16/h4-14H,3,15H2,1-2H3,(H,29,31)(H,30,32)/b28-14-. The lowest BCUT2D eigenvalue weighted by atomic mass is 10.1. The molecule has 3 rings (SSSR count). The molecule has 2 amide bonds. The highest BCUT2D eigenvalue weighted by molar-refractivity contribution is 6.42. The van der Waals surface area contributed by atoms with Gasteiger partial charge in [0.2, 0.25) is 0 Å². The molecule has 0 bridgehead atoms. The van der Waals surface area contributed by atoms with Gasteiger partial charge in [0.1, 0.15) is 6.61 Å². The van der Waals surface area contributed by atoms with E-state index in [9.17, 15) is 9.59 Å². The Kier molecular flexibility index (Phi) is 8.90. The van der Waals surface area contributed by atoms with Crippen molar-refractivity contribution in [3.05, 3.63) is 87.4 Å². The number of halogens is 2. The second-order valence-electron chi connectivity index (χ2n) is 7.08. The molecule has 176 valence electrons. The number of anilines is 1. The second kappa shape index (κ2) is 12.1. The average molecular weight is 500 g/mol. The zero-order valence-electron chi connectivity index (χ0n) is 18.6. The van der Waals surface area contributed by atoms with Gasteiger partial charge in [0, 0.05) is 11.3 Å². The van der Waals surface area contributed by atoms with Crippen molar-refractivity contribution in [1.29, 1.82) is 0 Å². The molecule has 0 radical (unpaired) electrons. The Balaban J connectivity index is 1.68. The van der Waals surface area contributed by atoms with Crippen LogP contribution in [0.1, 0.15) is 23.6 Å². The van der Waals surface area contributed by atoms with Crippen molar-refractivity contribution in [2.45, 2.75) is 20.0 Å². The average Bonchev–Trinajstić information content (AvgIpc) is 2.85. The largest absolute Gasteiger partial charge is 0.493 e. The first kappa shape index (κ1) is 25.1. The zero-order valence-corrected chi connectivity index (χ0v) is 20.1. The van der Waals surface area contributed by atoms with Gasteiger partial charge in [0.15, 0.2) is 11.5 Å².